The lowest BCUT2D eigenvalue weighted by atomic mass is 10.00. The number of carbonyl (C=O) groups excluding carboxylic acids is 2. The zero-order valence-electron chi connectivity index (χ0n) is 8.53. The van der Waals surface area contributed by atoms with E-state index in [1.54, 1.807) is 6.07 Å². The summed E-state index contributed by atoms with van der Waals surface area (Å²) < 4.78 is 5.32. The van der Waals surface area contributed by atoms with Crippen molar-refractivity contribution in [2.45, 2.75) is 12.5 Å². The fourth-order valence-corrected chi connectivity index (χ4v) is 2.96. The standard InChI is InChI=1S/C10H10ClNO3S/c1-15-10(14)5-4-8(13)12-9(5)6-2-3-7(11)16-6/h2-3,5,9H,4H2,1H3,(H,12,13). The number of carbonyl (C=O) groups is 2. The van der Waals surface area contributed by atoms with Crippen molar-refractivity contribution in [3.63, 3.8) is 0 Å². The predicted molar refractivity (Wildman–Crippen MR) is 60.3 cm³/mol. The van der Waals surface area contributed by atoms with Gasteiger partial charge in [-0.25, -0.2) is 0 Å². The maximum Gasteiger partial charge on any atom is 0.311 e. The second kappa shape index (κ2) is 4.43. The summed E-state index contributed by atoms with van der Waals surface area (Å²) in [4.78, 5) is 23.7. The van der Waals surface area contributed by atoms with Gasteiger partial charge in [0, 0.05) is 11.3 Å². The van der Waals surface area contributed by atoms with Gasteiger partial charge < -0.3 is 10.1 Å². The van der Waals surface area contributed by atoms with Gasteiger partial charge in [0.2, 0.25) is 5.91 Å². The Morgan fingerprint density at radius 1 is 1.62 bits per heavy atom. The number of methoxy groups -OCH3 is 1. The molecule has 6 heteroatoms. The van der Waals surface area contributed by atoms with Crippen molar-refractivity contribution in [1.29, 1.82) is 0 Å². The molecule has 1 N–H and O–H groups in total. The van der Waals surface area contributed by atoms with Gasteiger partial charge in [0.15, 0.2) is 0 Å². The van der Waals surface area contributed by atoms with Crippen molar-refractivity contribution in [3.8, 4) is 0 Å². The van der Waals surface area contributed by atoms with Crippen LogP contribution in [0, 0.1) is 5.92 Å². The molecule has 4 nitrogen and oxygen atoms in total. The number of rotatable bonds is 2. The maximum atomic E-state index is 11.5. The molecular formula is C10H10ClNO3S. The average Bonchev–Trinajstić information content (AvgIpc) is 2.83. The highest BCUT2D eigenvalue weighted by Gasteiger charge is 2.39. The van der Waals surface area contributed by atoms with Crippen LogP contribution in [0.25, 0.3) is 0 Å². The summed E-state index contributed by atoms with van der Waals surface area (Å²) in [7, 11) is 1.32. The van der Waals surface area contributed by atoms with E-state index in [1.165, 1.54) is 18.4 Å². The molecule has 1 aromatic heterocycles. The number of hydrogen-bond donors (Lipinski definition) is 1. The largest absolute Gasteiger partial charge is 0.469 e. The molecule has 2 heterocycles. The molecule has 0 aromatic carbocycles. The Kier molecular flexibility index (Phi) is 3.16. The lowest BCUT2D eigenvalue weighted by Gasteiger charge is -2.14. The first kappa shape index (κ1) is 11.4. The first-order valence-corrected chi connectivity index (χ1v) is 5.93. The van der Waals surface area contributed by atoms with Gasteiger partial charge in [-0.2, -0.15) is 0 Å². The molecular weight excluding hydrogens is 250 g/mol. The summed E-state index contributed by atoms with van der Waals surface area (Å²) in [6, 6.07) is 3.26. The number of hydrogen-bond acceptors (Lipinski definition) is 4. The van der Waals surface area contributed by atoms with Crippen molar-refractivity contribution in [2.24, 2.45) is 5.92 Å². The van der Waals surface area contributed by atoms with Gasteiger partial charge in [0.25, 0.3) is 0 Å². The normalized spacial score (nSPS) is 24.2. The van der Waals surface area contributed by atoms with Crippen LogP contribution in [-0.4, -0.2) is 19.0 Å². The van der Waals surface area contributed by atoms with Crippen LogP contribution in [0.3, 0.4) is 0 Å². The lowest BCUT2D eigenvalue weighted by molar-refractivity contribution is -0.146. The van der Waals surface area contributed by atoms with Crippen LogP contribution in [0.5, 0.6) is 0 Å². The molecule has 1 aromatic rings. The molecule has 2 unspecified atom stereocenters. The third-order valence-corrected chi connectivity index (χ3v) is 3.84. The second-order valence-corrected chi connectivity index (χ2v) is 5.27. The Hall–Kier alpha value is -1.07. The average molecular weight is 260 g/mol. The van der Waals surface area contributed by atoms with Gasteiger partial charge in [0.1, 0.15) is 0 Å². The van der Waals surface area contributed by atoms with E-state index < -0.39 is 5.92 Å². The lowest BCUT2D eigenvalue weighted by Crippen LogP contribution is -2.24. The number of halogens is 1. The minimum absolute atomic E-state index is 0.134. The number of esters is 1. The van der Waals surface area contributed by atoms with Crippen molar-refractivity contribution in [1.82, 2.24) is 5.32 Å². The van der Waals surface area contributed by atoms with Gasteiger partial charge in [0.05, 0.1) is 23.4 Å². The zero-order valence-corrected chi connectivity index (χ0v) is 10.1. The van der Waals surface area contributed by atoms with Crippen LogP contribution >= 0.6 is 22.9 Å². The number of nitrogens with one attached hydrogen (secondary N) is 1. The van der Waals surface area contributed by atoms with Crippen LogP contribution < -0.4 is 5.32 Å². The molecule has 2 atom stereocenters. The molecule has 0 spiro atoms. The summed E-state index contributed by atoms with van der Waals surface area (Å²) in [6.07, 6.45) is 0.173. The highest BCUT2D eigenvalue weighted by Crippen LogP contribution is 2.36. The SMILES string of the molecule is COC(=O)C1CC(=O)NC1c1ccc(Cl)s1. The van der Waals surface area contributed by atoms with Gasteiger partial charge in [-0.05, 0) is 12.1 Å². The summed E-state index contributed by atoms with van der Waals surface area (Å²) in [5, 5.41) is 2.76. The smallest absolute Gasteiger partial charge is 0.311 e. The topological polar surface area (TPSA) is 55.4 Å². The molecule has 2 rings (SSSR count). The third-order valence-electron chi connectivity index (χ3n) is 2.53. The summed E-state index contributed by atoms with van der Waals surface area (Å²) in [5.74, 6) is -0.954. The fraction of sp³-hybridized carbons (Fsp3) is 0.400. The Labute approximate surface area is 102 Å². The van der Waals surface area contributed by atoms with E-state index in [0.29, 0.717) is 4.34 Å². The first-order chi connectivity index (χ1) is 7.61. The van der Waals surface area contributed by atoms with Crippen LogP contribution in [0.15, 0.2) is 12.1 Å². The molecule has 0 radical (unpaired) electrons. The molecule has 0 bridgehead atoms. The molecule has 1 fully saturated rings. The molecule has 0 saturated carbocycles. The second-order valence-electron chi connectivity index (χ2n) is 3.52. The fourth-order valence-electron chi connectivity index (χ4n) is 1.79. The van der Waals surface area contributed by atoms with E-state index in [4.69, 9.17) is 11.6 Å². The Morgan fingerprint density at radius 2 is 2.38 bits per heavy atom. The summed E-state index contributed by atoms with van der Waals surface area (Å²) in [6.45, 7) is 0. The van der Waals surface area contributed by atoms with Gasteiger partial charge in [-0.1, -0.05) is 11.6 Å². The van der Waals surface area contributed by atoms with Crippen LogP contribution in [0.4, 0.5) is 0 Å². The van der Waals surface area contributed by atoms with Gasteiger partial charge in [-0.15, -0.1) is 11.3 Å². The van der Waals surface area contributed by atoms with Crippen LogP contribution in [0.1, 0.15) is 17.3 Å². The van der Waals surface area contributed by atoms with E-state index in [1.807, 2.05) is 6.07 Å². The van der Waals surface area contributed by atoms with E-state index in [0.717, 1.165) is 4.88 Å². The Balaban J connectivity index is 2.25. The molecule has 1 aliphatic rings. The van der Waals surface area contributed by atoms with Crippen molar-refractivity contribution in [2.75, 3.05) is 7.11 Å². The van der Waals surface area contributed by atoms with E-state index in [-0.39, 0.29) is 24.3 Å². The Bertz CT molecular complexity index is 431. The number of thiophene rings is 1. The van der Waals surface area contributed by atoms with Crippen LogP contribution in [-0.2, 0) is 14.3 Å². The zero-order chi connectivity index (χ0) is 11.7. The summed E-state index contributed by atoms with van der Waals surface area (Å²) in [5.41, 5.74) is 0. The Morgan fingerprint density at radius 3 is 2.94 bits per heavy atom. The summed E-state index contributed by atoms with van der Waals surface area (Å²) >= 11 is 7.19. The highest BCUT2D eigenvalue weighted by molar-refractivity contribution is 7.16. The molecule has 1 aliphatic heterocycles. The molecule has 1 amide bonds. The third kappa shape index (κ3) is 2.05. The van der Waals surface area contributed by atoms with Crippen molar-refractivity contribution in [3.05, 3.63) is 21.3 Å². The van der Waals surface area contributed by atoms with Gasteiger partial charge in [-0.3, -0.25) is 9.59 Å². The maximum absolute atomic E-state index is 11.5. The van der Waals surface area contributed by atoms with Crippen LogP contribution in [0.2, 0.25) is 4.34 Å². The highest BCUT2D eigenvalue weighted by atomic mass is 35.5. The minimum Gasteiger partial charge on any atom is -0.469 e. The monoisotopic (exact) mass is 259 g/mol. The molecule has 16 heavy (non-hydrogen) atoms. The number of ether oxygens (including phenoxy) is 1. The van der Waals surface area contributed by atoms with Gasteiger partial charge >= 0.3 is 5.97 Å². The van der Waals surface area contributed by atoms with Crippen molar-refractivity contribution >= 4 is 34.8 Å². The first-order valence-electron chi connectivity index (χ1n) is 4.74. The quantitative estimate of drug-likeness (QED) is 0.824. The predicted octanol–water partition coefficient (Wildman–Crippen LogP) is 1.75. The van der Waals surface area contributed by atoms with E-state index in [2.05, 4.69) is 10.1 Å². The molecule has 0 aliphatic carbocycles. The van der Waals surface area contributed by atoms with E-state index in [9.17, 15) is 9.59 Å². The molecule has 86 valence electrons. The van der Waals surface area contributed by atoms with Crippen molar-refractivity contribution < 1.29 is 14.3 Å². The minimum atomic E-state index is -0.452. The van der Waals surface area contributed by atoms with E-state index >= 15 is 0 Å². The molecule has 1 saturated heterocycles. The number of amides is 1.